The van der Waals surface area contributed by atoms with Crippen LogP contribution in [0.15, 0.2) is 84.3 Å². The van der Waals surface area contributed by atoms with Gasteiger partial charge in [0.05, 0.1) is 38.6 Å². The number of phenols is 1. The maximum Gasteiger partial charge on any atom is 0.232 e. The van der Waals surface area contributed by atoms with Crippen molar-refractivity contribution >= 4 is 17.3 Å². The summed E-state index contributed by atoms with van der Waals surface area (Å²) in [6.45, 7) is 4.23. The second-order valence-corrected chi connectivity index (χ2v) is 12.5. The van der Waals surface area contributed by atoms with Crippen LogP contribution in [0.5, 0.6) is 23.0 Å². The number of carbonyl (C=O) groups is 1. The summed E-state index contributed by atoms with van der Waals surface area (Å²) in [5.41, 5.74) is 1.93. The van der Waals surface area contributed by atoms with E-state index in [9.17, 15) is 18.7 Å². The van der Waals surface area contributed by atoms with Gasteiger partial charge in [0.15, 0.2) is 11.6 Å². The number of benzene rings is 4. The highest BCUT2D eigenvalue weighted by atomic mass is 19.2. The Balaban J connectivity index is 1.45. The Bertz CT molecular complexity index is 1910. The molecule has 0 fully saturated rings. The van der Waals surface area contributed by atoms with Gasteiger partial charge in [-0.2, -0.15) is 0 Å². The third-order valence-corrected chi connectivity index (χ3v) is 8.39. The van der Waals surface area contributed by atoms with Gasteiger partial charge < -0.3 is 29.4 Å². The number of aromatic hydroxyl groups is 1. The first-order chi connectivity index (χ1) is 23.0. The van der Waals surface area contributed by atoms with E-state index < -0.39 is 29.4 Å². The van der Waals surface area contributed by atoms with E-state index in [4.69, 9.17) is 18.9 Å². The summed E-state index contributed by atoms with van der Waals surface area (Å²) in [5, 5.41) is 14.4. The average molecular weight is 661 g/mol. The van der Waals surface area contributed by atoms with Gasteiger partial charge in [0.25, 0.3) is 0 Å². The number of ether oxygens (including phenoxy) is 4. The van der Waals surface area contributed by atoms with E-state index in [0.717, 1.165) is 12.1 Å². The van der Waals surface area contributed by atoms with Crippen molar-refractivity contribution in [1.82, 2.24) is 0 Å². The third kappa shape index (κ3) is 6.45. The molecule has 0 saturated heterocycles. The minimum absolute atomic E-state index is 0.0957. The molecule has 4 aromatic rings. The third-order valence-electron chi connectivity index (χ3n) is 8.39. The molecule has 0 aromatic heterocycles. The van der Waals surface area contributed by atoms with Crippen LogP contribution in [0.2, 0.25) is 0 Å². The molecular formula is C37H35F3N2O6. The second-order valence-electron chi connectivity index (χ2n) is 12.5. The van der Waals surface area contributed by atoms with Crippen molar-refractivity contribution in [3.8, 4) is 23.0 Å². The van der Waals surface area contributed by atoms with E-state index in [-0.39, 0.29) is 41.2 Å². The van der Waals surface area contributed by atoms with Crippen molar-refractivity contribution < 1.29 is 42.0 Å². The Hall–Kier alpha value is -5.32. The summed E-state index contributed by atoms with van der Waals surface area (Å²) in [4.78, 5) is 16.0. The number of methoxy groups -OCH3 is 2. The first-order valence-corrected chi connectivity index (χ1v) is 15.3. The van der Waals surface area contributed by atoms with Gasteiger partial charge in [-0.1, -0.05) is 26.0 Å². The van der Waals surface area contributed by atoms with E-state index >= 15 is 4.39 Å². The Morgan fingerprint density at radius 2 is 1.75 bits per heavy atom. The number of carbonyl (C=O) groups excluding carboxylic acids is 1. The number of fused-ring (bicyclic) bond motifs is 1. The highest BCUT2D eigenvalue weighted by molar-refractivity contribution is 6.01. The number of anilines is 2. The van der Waals surface area contributed by atoms with Crippen LogP contribution in [0.25, 0.3) is 0 Å². The molecule has 2 heterocycles. The number of allylic oxidation sites excluding steroid dienone is 1. The Kier molecular flexibility index (Phi) is 8.87. The summed E-state index contributed by atoms with van der Waals surface area (Å²) in [6.07, 6.45) is 0.340. The van der Waals surface area contributed by atoms with E-state index in [1.165, 1.54) is 43.4 Å². The number of nitrogens with zero attached hydrogens (tertiary/aromatic N) is 1. The fourth-order valence-corrected chi connectivity index (χ4v) is 6.03. The molecule has 0 spiro atoms. The number of hydrogen-bond donors (Lipinski definition) is 2. The molecule has 1 amide bonds. The maximum atomic E-state index is 16.3. The number of halogens is 3. The lowest BCUT2D eigenvalue weighted by Crippen LogP contribution is -2.39. The molecular weight excluding hydrogens is 625 g/mol. The van der Waals surface area contributed by atoms with Crippen LogP contribution in [0.1, 0.15) is 43.0 Å². The van der Waals surface area contributed by atoms with Crippen molar-refractivity contribution in [2.75, 3.05) is 31.0 Å². The normalized spacial score (nSPS) is 16.6. The maximum absolute atomic E-state index is 16.3. The molecule has 0 aliphatic carbocycles. The fraction of sp³-hybridized carbons (Fsp3) is 0.270. The van der Waals surface area contributed by atoms with E-state index in [2.05, 4.69) is 5.32 Å². The zero-order valence-corrected chi connectivity index (χ0v) is 26.9. The fourth-order valence-electron chi connectivity index (χ4n) is 6.03. The first-order valence-electron chi connectivity index (χ1n) is 15.3. The molecule has 48 heavy (non-hydrogen) atoms. The predicted octanol–water partition coefficient (Wildman–Crippen LogP) is 7.81. The predicted molar refractivity (Wildman–Crippen MR) is 174 cm³/mol. The average Bonchev–Trinajstić information content (AvgIpc) is 3.19. The number of amides is 1. The van der Waals surface area contributed by atoms with Crippen molar-refractivity contribution in [2.45, 2.75) is 39.3 Å². The standard InChI is InChI=1S/C37H35F3N2O6/c1-37(2)18-29-36(48-20-37)35(25-11-9-24(17-27(25)39)47-19-21-8-12-26(38)28(40)14-21)42(30-6-5-7-31(43)34(30)41-29)33(44)16-22-15-23(45-3)10-13-32(22)46-4/h5-15,17,35,41,43H,16,18-20H2,1-4H3. The number of nitrogens with one attached hydrogen (secondary N) is 1. The number of para-hydroxylation sites is 1. The summed E-state index contributed by atoms with van der Waals surface area (Å²) in [7, 11) is 3.02. The summed E-state index contributed by atoms with van der Waals surface area (Å²) < 4.78 is 66.5. The number of phenolic OH excluding ortho intramolecular Hbond substituents is 1. The van der Waals surface area contributed by atoms with Gasteiger partial charge in [0.1, 0.15) is 52.9 Å². The van der Waals surface area contributed by atoms with Gasteiger partial charge in [-0.3, -0.25) is 9.69 Å². The smallest absolute Gasteiger partial charge is 0.232 e. The Morgan fingerprint density at radius 1 is 0.958 bits per heavy atom. The quantitative estimate of drug-likeness (QED) is 0.187. The number of hydrogen-bond acceptors (Lipinski definition) is 7. The Labute approximate surface area is 276 Å². The molecule has 6 rings (SSSR count). The van der Waals surface area contributed by atoms with Crippen molar-refractivity contribution in [2.24, 2.45) is 5.41 Å². The minimum Gasteiger partial charge on any atom is -0.506 e. The lowest BCUT2D eigenvalue weighted by Gasteiger charge is -2.38. The molecule has 1 unspecified atom stereocenters. The molecule has 0 radical (unpaired) electrons. The molecule has 1 atom stereocenters. The van der Waals surface area contributed by atoms with Gasteiger partial charge in [0.2, 0.25) is 5.91 Å². The van der Waals surface area contributed by atoms with Gasteiger partial charge >= 0.3 is 0 Å². The molecule has 2 aliphatic heterocycles. The zero-order chi connectivity index (χ0) is 34.2. The summed E-state index contributed by atoms with van der Waals surface area (Å²) in [6, 6.07) is 16.5. The van der Waals surface area contributed by atoms with Gasteiger partial charge in [-0.15, -0.1) is 0 Å². The van der Waals surface area contributed by atoms with Crippen molar-refractivity contribution in [1.29, 1.82) is 0 Å². The molecule has 2 aliphatic rings. The molecule has 11 heteroatoms. The zero-order valence-electron chi connectivity index (χ0n) is 26.9. The van der Waals surface area contributed by atoms with Crippen LogP contribution in [-0.4, -0.2) is 31.8 Å². The van der Waals surface area contributed by atoms with E-state index in [0.29, 0.717) is 52.8 Å². The SMILES string of the molecule is COc1ccc(OC)c(CC(=O)N2c3cccc(O)c3NC3=C(OCC(C)(C)C3)C2c2ccc(OCc3ccc(F)c(F)c3)cc2F)c1. The molecule has 2 N–H and O–H groups in total. The monoisotopic (exact) mass is 660 g/mol. The molecule has 250 valence electrons. The molecule has 0 bridgehead atoms. The summed E-state index contributed by atoms with van der Waals surface area (Å²) >= 11 is 0. The van der Waals surface area contributed by atoms with E-state index in [1.807, 2.05) is 13.8 Å². The second kappa shape index (κ2) is 13.1. The molecule has 4 aromatic carbocycles. The first kappa shape index (κ1) is 32.6. The largest absolute Gasteiger partial charge is 0.506 e. The molecule has 8 nitrogen and oxygen atoms in total. The Morgan fingerprint density at radius 3 is 2.48 bits per heavy atom. The van der Waals surface area contributed by atoms with Crippen LogP contribution < -0.4 is 24.4 Å². The lowest BCUT2D eigenvalue weighted by molar-refractivity contribution is -0.118. The summed E-state index contributed by atoms with van der Waals surface area (Å²) in [5.74, 6) is -1.73. The van der Waals surface area contributed by atoms with Crippen LogP contribution in [0.3, 0.4) is 0 Å². The van der Waals surface area contributed by atoms with Crippen molar-refractivity contribution in [3.05, 3.63) is 118 Å². The minimum atomic E-state index is -1.09. The molecule has 0 saturated carbocycles. The van der Waals surface area contributed by atoms with Gasteiger partial charge in [-0.05, 0) is 66.6 Å². The van der Waals surface area contributed by atoms with Crippen molar-refractivity contribution in [3.63, 3.8) is 0 Å². The highest BCUT2D eigenvalue weighted by Crippen LogP contribution is 2.50. The van der Waals surface area contributed by atoms with Gasteiger partial charge in [0, 0.05) is 22.6 Å². The number of rotatable bonds is 8. The van der Waals surface area contributed by atoms with E-state index in [1.54, 1.807) is 36.4 Å². The topological polar surface area (TPSA) is 89.5 Å². The van der Waals surface area contributed by atoms with Crippen LogP contribution in [-0.2, 0) is 22.6 Å². The van der Waals surface area contributed by atoms with Crippen LogP contribution in [0.4, 0.5) is 24.5 Å². The van der Waals surface area contributed by atoms with Crippen LogP contribution in [0, 0.1) is 22.9 Å². The lowest BCUT2D eigenvalue weighted by atomic mass is 9.85. The van der Waals surface area contributed by atoms with Gasteiger partial charge in [-0.25, -0.2) is 13.2 Å². The highest BCUT2D eigenvalue weighted by Gasteiger charge is 2.42. The van der Waals surface area contributed by atoms with Crippen LogP contribution >= 0.6 is 0 Å².